The molecule has 0 saturated heterocycles. The van der Waals surface area contributed by atoms with Gasteiger partial charge in [0.1, 0.15) is 5.75 Å². The molecule has 0 radical (unpaired) electrons. The first-order valence-electron chi connectivity index (χ1n) is 10.5. The van der Waals surface area contributed by atoms with Crippen molar-refractivity contribution in [2.24, 2.45) is 0 Å². The number of aromatic nitrogens is 1. The minimum absolute atomic E-state index is 0. The van der Waals surface area contributed by atoms with Gasteiger partial charge in [0.2, 0.25) is 0 Å². The normalized spacial score (nSPS) is 12.5. The Kier molecular flexibility index (Phi) is 6.91. The number of hydrogen-bond donors (Lipinski definition) is 2. The van der Waals surface area contributed by atoms with Gasteiger partial charge in [-0.25, -0.2) is 0 Å². The van der Waals surface area contributed by atoms with Gasteiger partial charge in [-0.3, -0.25) is 9.78 Å². The SMILES string of the molecule is COc1ccccc1Nc1c2c(nc3ccc(NC(=O)c4ccc(Br)o4)cc13)CCCC2.Cl. The molecule has 2 aromatic heterocycles. The third-order valence-corrected chi connectivity index (χ3v) is 6.11. The van der Waals surface area contributed by atoms with Crippen molar-refractivity contribution in [3.8, 4) is 5.75 Å². The Morgan fingerprint density at radius 2 is 1.91 bits per heavy atom. The van der Waals surface area contributed by atoms with Crippen molar-refractivity contribution in [3.05, 3.63) is 76.3 Å². The lowest BCUT2D eigenvalue weighted by molar-refractivity contribution is 0.0995. The van der Waals surface area contributed by atoms with Crippen LogP contribution in [0.4, 0.5) is 17.1 Å². The summed E-state index contributed by atoms with van der Waals surface area (Å²) in [6, 6.07) is 17.0. The molecule has 2 heterocycles. The zero-order valence-electron chi connectivity index (χ0n) is 18.0. The van der Waals surface area contributed by atoms with Crippen molar-refractivity contribution in [1.29, 1.82) is 0 Å². The number of nitrogens with one attached hydrogen (secondary N) is 2. The molecule has 0 saturated carbocycles. The van der Waals surface area contributed by atoms with Gasteiger partial charge >= 0.3 is 0 Å². The van der Waals surface area contributed by atoms with Crippen LogP contribution in [-0.2, 0) is 12.8 Å². The number of fused-ring (bicyclic) bond motifs is 2. The zero-order valence-corrected chi connectivity index (χ0v) is 20.4. The molecule has 1 aliphatic carbocycles. The van der Waals surface area contributed by atoms with Crippen LogP contribution in [0.1, 0.15) is 34.7 Å². The highest BCUT2D eigenvalue weighted by Gasteiger charge is 2.20. The Morgan fingerprint density at radius 1 is 1.09 bits per heavy atom. The van der Waals surface area contributed by atoms with E-state index in [0.29, 0.717) is 10.4 Å². The molecule has 5 rings (SSSR count). The third-order valence-electron chi connectivity index (χ3n) is 5.68. The molecule has 0 bridgehead atoms. The van der Waals surface area contributed by atoms with Crippen molar-refractivity contribution < 1.29 is 13.9 Å². The van der Waals surface area contributed by atoms with E-state index < -0.39 is 0 Å². The lowest BCUT2D eigenvalue weighted by Crippen LogP contribution is -2.12. The van der Waals surface area contributed by atoms with Gasteiger partial charge in [0.15, 0.2) is 10.4 Å². The quantitative estimate of drug-likeness (QED) is 0.295. The number of methoxy groups -OCH3 is 1. The smallest absolute Gasteiger partial charge is 0.291 e. The van der Waals surface area contributed by atoms with Gasteiger partial charge in [0.25, 0.3) is 5.91 Å². The molecule has 1 amide bonds. The number of amides is 1. The van der Waals surface area contributed by atoms with E-state index in [1.54, 1.807) is 19.2 Å². The van der Waals surface area contributed by atoms with Gasteiger partial charge in [-0.2, -0.15) is 0 Å². The van der Waals surface area contributed by atoms with E-state index in [-0.39, 0.29) is 24.1 Å². The van der Waals surface area contributed by atoms with Crippen LogP contribution in [0, 0.1) is 0 Å². The van der Waals surface area contributed by atoms with Crippen LogP contribution in [0.2, 0.25) is 0 Å². The number of anilines is 3. The van der Waals surface area contributed by atoms with E-state index >= 15 is 0 Å². The van der Waals surface area contributed by atoms with Gasteiger partial charge in [-0.1, -0.05) is 12.1 Å². The predicted octanol–water partition coefficient (Wildman–Crippen LogP) is 6.90. The van der Waals surface area contributed by atoms with Crippen molar-refractivity contribution in [1.82, 2.24) is 4.98 Å². The Hall–Kier alpha value is -3.03. The number of carbonyl (C=O) groups is 1. The summed E-state index contributed by atoms with van der Waals surface area (Å²) in [6.45, 7) is 0. The molecule has 33 heavy (non-hydrogen) atoms. The van der Waals surface area contributed by atoms with Gasteiger partial charge < -0.3 is 19.8 Å². The van der Waals surface area contributed by atoms with E-state index in [1.165, 1.54) is 5.56 Å². The first-order chi connectivity index (χ1) is 15.6. The highest BCUT2D eigenvalue weighted by Crippen LogP contribution is 2.38. The Labute approximate surface area is 206 Å². The molecule has 2 N–H and O–H groups in total. The first kappa shape index (κ1) is 23.1. The number of para-hydroxylation sites is 2. The number of carbonyl (C=O) groups excluding carboxylic acids is 1. The molecule has 0 unspecified atom stereocenters. The van der Waals surface area contributed by atoms with Crippen LogP contribution in [0.15, 0.2) is 63.7 Å². The second kappa shape index (κ2) is 9.85. The molecule has 0 fully saturated rings. The maximum Gasteiger partial charge on any atom is 0.291 e. The van der Waals surface area contributed by atoms with E-state index in [1.807, 2.05) is 42.5 Å². The van der Waals surface area contributed by atoms with Gasteiger partial charge in [-0.15, -0.1) is 12.4 Å². The minimum Gasteiger partial charge on any atom is -0.495 e. The van der Waals surface area contributed by atoms with Crippen LogP contribution in [-0.4, -0.2) is 18.0 Å². The number of halogens is 2. The second-order valence-corrected chi connectivity index (χ2v) is 8.52. The number of aryl methyl sites for hydroxylation is 1. The Morgan fingerprint density at radius 3 is 2.70 bits per heavy atom. The van der Waals surface area contributed by atoms with Gasteiger partial charge in [0, 0.05) is 16.8 Å². The molecule has 6 nitrogen and oxygen atoms in total. The summed E-state index contributed by atoms with van der Waals surface area (Å²) >= 11 is 3.23. The average Bonchev–Trinajstić information content (AvgIpc) is 3.26. The lowest BCUT2D eigenvalue weighted by Gasteiger charge is -2.23. The second-order valence-electron chi connectivity index (χ2n) is 7.73. The summed E-state index contributed by atoms with van der Waals surface area (Å²) in [5, 5.41) is 7.49. The number of furan rings is 1. The van der Waals surface area contributed by atoms with Crippen LogP contribution >= 0.6 is 28.3 Å². The molecular weight excluding hydrogens is 506 g/mol. The van der Waals surface area contributed by atoms with Crippen LogP contribution in [0.5, 0.6) is 5.75 Å². The van der Waals surface area contributed by atoms with Crippen LogP contribution < -0.4 is 15.4 Å². The Balaban J connectivity index is 0.00000259. The number of rotatable bonds is 5. The van der Waals surface area contributed by atoms with Crippen molar-refractivity contribution in [2.75, 3.05) is 17.7 Å². The maximum atomic E-state index is 12.6. The van der Waals surface area contributed by atoms with Gasteiger partial charge in [0.05, 0.1) is 24.0 Å². The van der Waals surface area contributed by atoms with Crippen molar-refractivity contribution >= 4 is 62.2 Å². The molecular formula is C25H23BrClN3O3. The fourth-order valence-corrected chi connectivity index (χ4v) is 4.46. The zero-order chi connectivity index (χ0) is 22.1. The molecule has 2 aromatic carbocycles. The summed E-state index contributed by atoms with van der Waals surface area (Å²) in [6.07, 6.45) is 4.21. The molecule has 8 heteroatoms. The van der Waals surface area contributed by atoms with E-state index in [2.05, 4.69) is 26.6 Å². The number of pyridine rings is 1. The number of nitrogens with zero attached hydrogens (tertiary/aromatic N) is 1. The third kappa shape index (κ3) is 4.70. The fraction of sp³-hybridized carbons (Fsp3) is 0.200. The highest BCUT2D eigenvalue weighted by atomic mass is 79.9. The molecule has 170 valence electrons. The lowest BCUT2D eigenvalue weighted by atomic mass is 9.92. The highest BCUT2D eigenvalue weighted by molar-refractivity contribution is 9.10. The molecule has 0 aliphatic heterocycles. The van der Waals surface area contributed by atoms with E-state index in [0.717, 1.165) is 59.4 Å². The fourth-order valence-electron chi connectivity index (χ4n) is 4.16. The molecule has 1 aliphatic rings. The number of benzene rings is 2. The van der Waals surface area contributed by atoms with Crippen molar-refractivity contribution in [3.63, 3.8) is 0 Å². The van der Waals surface area contributed by atoms with E-state index in [4.69, 9.17) is 14.1 Å². The number of ether oxygens (including phenoxy) is 1. The summed E-state index contributed by atoms with van der Waals surface area (Å²) in [4.78, 5) is 17.5. The van der Waals surface area contributed by atoms with Gasteiger partial charge in [-0.05, 0) is 89.6 Å². The average molecular weight is 529 g/mol. The summed E-state index contributed by atoms with van der Waals surface area (Å²) in [5.74, 6) is 0.711. The summed E-state index contributed by atoms with van der Waals surface area (Å²) in [5.41, 5.74) is 5.85. The minimum atomic E-state index is -0.305. The summed E-state index contributed by atoms with van der Waals surface area (Å²) < 4.78 is 11.4. The predicted molar refractivity (Wildman–Crippen MR) is 136 cm³/mol. The van der Waals surface area contributed by atoms with Crippen molar-refractivity contribution in [2.45, 2.75) is 25.7 Å². The topological polar surface area (TPSA) is 76.4 Å². The molecule has 4 aromatic rings. The van der Waals surface area contributed by atoms with Crippen LogP contribution in [0.3, 0.4) is 0 Å². The standard InChI is InChI=1S/C25H22BrN3O3.ClH/c1-31-21-9-5-4-8-20(21)29-24-16-6-2-3-7-18(16)28-19-11-10-15(14-17(19)24)27-25(30)22-12-13-23(26)32-22;/h4-5,8-14H,2-3,6-7H2,1H3,(H,27,30)(H,28,29);1H. The van der Waals surface area contributed by atoms with Crippen LogP contribution in [0.25, 0.3) is 10.9 Å². The molecule has 0 spiro atoms. The largest absolute Gasteiger partial charge is 0.495 e. The monoisotopic (exact) mass is 527 g/mol. The van der Waals surface area contributed by atoms with E-state index in [9.17, 15) is 4.79 Å². The first-order valence-corrected chi connectivity index (χ1v) is 11.3. The Bertz CT molecular complexity index is 1320. The maximum absolute atomic E-state index is 12.6. The number of hydrogen-bond acceptors (Lipinski definition) is 5. The molecule has 0 atom stereocenters. The summed E-state index contributed by atoms with van der Waals surface area (Å²) in [7, 11) is 1.67.